The summed E-state index contributed by atoms with van der Waals surface area (Å²) in [6.45, 7) is 0.776. The van der Waals surface area contributed by atoms with Gasteiger partial charge in [-0.25, -0.2) is 15.0 Å². The first-order chi connectivity index (χ1) is 11.8. The summed E-state index contributed by atoms with van der Waals surface area (Å²) in [5.74, 6) is 1.72. The lowest BCUT2D eigenvalue weighted by Gasteiger charge is -2.19. The van der Waals surface area contributed by atoms with Crippen molar-refractivity contribution in [1.29, 1.82) is 0 Å². The standard InChI is InChI=1S/C18H20N6/c1-20-12-15(13-6-3-2-4-7-13)23-16-9-11-22-18(24-16)14-8-5-10-21-17(14)19/h2-11,15,20H,12H2,1H3,(H2,19,21)(H,22,23,24). The predicted molar refractivity (Wildman–Crippen MR) is 96.4 cm³/mol. The summed E-state index contributed by atoms with van der Waals surface area (Å²) >= 11 is 0. The van der Waals surface area contributed by atoms with Crippen LogP contribution in [0.5, 0.6) is 0 Å². The fourth-order valence-corrected chi connectivity index (χ4v) is 2.50. The number of aromatic nitrogens is 3. The molecule has 2 aromatic heterocycles. The second kappa shape index (κ2) is 7.52. The lowest BCUT2D eigenvalue weighted by Crippen LogP contribution is -2.24. The number of hydrogen-bond acceptors (Lipinski definition) is 6. The summed E-state index contributed by atoms with van der Waals surface area (Å²) in [4.78, 5) is 13.0. The minimum absolute atomic E-state index is 0.102. The van der Waals surface area contributed by atoms with E-state index in [0.29, 0.717) is 11.6 Å². The van der Waals surface area contributed by atoms with E-state index in [2.05, 4.69) is 37.7 Å². The average Bonchev–Trinajstić information content (AvgIpc) is 2.63. The van der Waals surface area contributed by atoms with Crippen molar-refractivity contribution in [3.05, 3.63) is 66.5 Å². The predicted octanol–water partition coefficient (Wildman–Crippen LogP) is 2.49. The number of nitrogen functional groups attached to an aromatic ring is 1. The molecule has 0 aliphatic heterocycles. The topological polar surface area (TPSA) is 88.8 Å². The van der Waals surface area contributed by atoms with Crippen molar-refractivity contribution in [2.45, 2.75) is 6.04 Å². The number of nitrogens with one attached hydrogen (secondary N) is 2. The molecule has 0 aliphatic rings. The maximum Gasteiger partial charge on any atom is 0.165 e. The van der Waals surface area contributed by atoms with Gasteiger partial charge in [0, 0.05) is 18.9 Å². The molecule has 1 unspecified atom stereocenters. The van der Waals surface area contributed by atoms with Gasteiger partial charge in [-0.15, -0.1) is 0 Å². The highest BCUT2D eigenvalue weighted by molar-refractivity contribution is 5.68. The molecule has 0 radical (unpaired) electrons. The van der Waals surface area contributed by atoms with E-state index in [4.69, 9.17) is 5.73 Å². The van der Waals surface area contributed by atoms with Crippen LogP contribution >= 0.6 is 0 Å². The molecule has 0 spiro atoms. The molecule has 1 aromatic carbocycles. The number of nitrogens with zero attached hydrogens (tertiary/aromatic N) is 3. The highest BCUT2D eigenvalue weighted by Crippen LogP contribution is 2.23. The van der Waals surface area contributed by atoms with E-state index in [1.807, 2.05) is 43.4 Å². The monoisotopic (exact) mass is 320 g/mol. The van der Waals surface area contributed by atoms with Crippen molar-refractivity contribution in [2.24, 2.45) is 0 Å². The smallest absolute Gasteiger partial charge is 0.165 e. The third-order valence-electron chi connectivity index (χ3n) is 3.67. The van der Waals surface area contributed by atoms with Gasteiger partial charge in [-0.3, -0.25) is 0 Å². The van der Waals surface area contributed by atoms with Gasteiger partial charge in [-0.2, -0.15) is 0 Å². The molecule has 0 amide bonds. The van der Waals surface area contributed by atoms with Gasteiger partial charge >= 0.3 is 0 Å². The van der Waals surface area contributed by atoms with E-state index in [9.17, 15) is 0 Å². The Hall–Kier alpha value is -2.99. The van der Waals surface area contributed by atoms with Crippen molar-refractivity contribution in [2.75, 3.05) is 24.6 Å². The van der Waals surface area contributed by atoms with E-state index in [0.717, 1.165) is 17.9 Å². The Kier molecular flexibility index (Phi) is 4.98. The van der Waals surface area contributed by atoms with Crippen LogP contribution in [0, 0.1) is 0 Å². The molecule has 0 fully saturated rings. The van der Waals surface area contributed by atoms with Gasteiger partial charge in [0.2, 0.25) is 0 Å². The molecule has 0 saturated carbocycles. The zero-order valence-corrected chi connectivity index (χ0v) is 13.5. The first-order valence-corrected chi connectivity index (χ1v) is 7.78. The summed E-state index contributed by atoms with van der Waals surface area (Å²) in [5.41, 5.74) is 7.84. The Morgan fingerprint density at radius 1 is 1.00 bits per heavy atom. The summed E-state index contributed by atoms with van der Waals surface area (Å²) in [7, 11) is 1.93. The highest BCUT2D eigenvalue weighted by atomic mass is 15.1. The molecular weight excluding hydrogens is 300 g/mol. The van der Waals surface area contributed by atoms with Crippen LogP contribution in [0.2, 0.25) is 0 Å². The molecule has 0 saturated heterocycles. The third-order valence-corrected chi connectivity index (χ3v) is 3.67. The lowest BCUT2D eigenvalue weighted by atomic mass is 10.1. The van der Waals surface area contributed by atoms with Crippen molar-refractivity contribution in [3.8, 4) is 11.4 Å². The van der Waals surface area contributed by atoms with E-state index in [1.54, 1.807) is 12.4 Å². The van der Waals surface area contributed by atoms with Crippen LogP contribution in [-0.4, -0.2) is 28.5 Å². The molecule has 4 N–H and O–H groups in total. The molecule has 6 nitrogen and oxygen atoms in total. The van der Waals surface area contributed by atoms with Crippen LogP contribution in [0.1, 0.15) is 11.6 Å². The number of anilines is 2. The summed E-state index contributed by atoms with van der Waals surface area (Å²) in [6.07, 6.45) is 3.37. The number of rotatable bonds is 6. The maximum atomic E-state index is 5.92. The SMILES string of the molecule is CNCC(Nc1ccnc(-c2cccnc2N)n1)c1ccccc1. The highest BCUT2D eigenvalue weighted by Gasteiger charge is 2.12. The maximum absolute atomic E-state index is 5.92. The fraction of sp³-hybridized carbons (Fsp3) is 0.167. The third kappa shape index (κ3) is 3.67. The molecule has 122 valence electrons. The first kappa shape index (κ1) is 15.9. The largest absolute Gasteiger partial charge is 0.383 e. The van der Waals surface area contributed by atoms with Gasteiger partial charge in [0.1, 0.15) is 11.6 Å². The van der Waals surface area contributed by atoms with Gasteiger partial charge in [0.15, 0.2) is 5.82 Å². The van der Waals surface area contributed by atoms with Crippen molar-refractivity contribution >= 4 is 11.6 Å². The number of likely N-dealkylation sites (N-methyl/N-ethyl adjacent to an activating group) is 1. The normalized spacial score (nSPS) is 11.9. The molecule has 2 heterocycles. The van der Waals surface area contributed by atoms with Gasteiger partial charge in [-0.1, -0.05) is 30.3 Å². The average molecular weight is 320 g/mol. The molecular formula is C18H20N6. The van der Waals surface area contributed by atoms with Gasteiger partial charge < -0.3 is 16.4 Å². The summed E-state index contributed by atoms with van der Waals surface area (Å²) in [5, 5.41) is 6.66. The van der Waals surface area contributed by atoms with E-state index < -0.39 is 0 Å². The minimum Gasteiger partial charge on any atom is -0.383 e. The van der Waals surface area contributed by atoms with Crippen LogP contribution in [0.4, 0.5) is 11.6 Å². The fourth-order valence-electron chi connectivity index (χ4n) is 2.50. The molecule has 24 heavy (non-hydrogen) atoms. The Morgan fingerprint density at radius 3 is 2.58 bits per heavy atom. The molecule has 3 rings (SSSR count). The molecule has 3 aromatic rings. The van der Waals surface area contributed by atoms with Crippen LogP contribution in [0.3, 0.4) is 0 Å². The molecule has 6 heteroatoms. The minimum atomic E-state index is 0.102. The van der Waals surface area contributed by atoms with Crippen LogP contribution in [0.15, 0.2) is 60.9 Å². The Balaban J connectivity index is 1.87. The van der Waals surface area contributed by atoms with Crippen LogP contribution in [0.25, 0.3) is 11.4 Å². The molecule has 0 aliphatic carbocycles. The zero-order chi connectivity index (χ0) is 16.8. The quantitative estimate of drug-likeness (QED) is 0.647. The first-order valence-electron chi connectivity index (χ1n) is 7.78. The van der Waals surface area contributed by atoms with Gasteiger partial charge in [0.25, 0.3) is 0 Å². The van der Waals surface area contributed by atoms with E-state index in [-0.39, 0.29) is 6.04 Å². The number of hydrogen-bond donors (Lipinski definition) is 3. The van der Waals surface area contributed by atoms with Crippen LogP contribution in [-0.2, 0) is 0 Å². The second-order valence-electron chi connectivity index (χ2n) is 5.37. The number of benzene rings is 1. The lowest BCUT2D eigenvalue weighted by molar-refractivity contribution is 0.686. The Labute approximate surface area is 141 Å². The molecule has 0 bridgehead atoms. The summed E-state index contributed by atoms with van der Waals surface area (Å²) in [6, 6.07) is 15.9. The van der Waals surface area contributed by atoms with Crippen LogP contribution < -0.4 is 16.4 Å². The van der Waals surface area contributed by atoms with E-state index in [1.165, 1.54) is 5.56 Å². The summed E-state index contributed by atoms with van der Waals surface area (Å²) < 4.78 is 0. The Bertz CT molecular complexity index is 790. The van der Waals surface area contributed by atoms with Crippen molar-refractivity contribution in [1.82, 2.24) is 20.3 Å². The Morgan fingerprint density at radius 2 is 1.83 bits per heavy atom. The van der Waals surface area contributed by atoms with Crippen molar-refractivity contribution < 1.29 is 0 Å². The van der Waals surface area contributed by atoms with E-state index >= 15 is 0 Å². The zero-order valence-electron chi connectivity index (χ0n) is 13.5. The number of pyridine rings is 1. The molecule has 1 atom stereocenters. The number of nitrogens with two attached hydrogens (primary N) is 1. The van der Waals surface area contributed by atoms with Gasteiger partial charge in [-0.05, 0) is 30.8 Å². The van der Waals surface area contributed by atoms with Crippen molar-refractivity contribution in [3.63, 3.8) is 0 Å². The van der Waals surface area contributed by atoms with Gasteiger partial charge in [0.05, 0.1) is 11.6 Å². The second-order valence-corrected chi connectivity index (χ2v) is 5.37.